The lowest BCUT2D eigenvalue weighted by atomic mass is 9.79. The molecular weight excluding hydrogens is 374 g/mol. The average Bonchev–Trinajstić information content (AvgIpc) is 2.75. The largest absolute Gasteiger partial charge is 0.494 e. The first-order chi connectivity index (χ1) is 11.6. The molecule has 1 aromatic rings. The van der Waals surface area contributed by atoms with Gasteiger partial charge in [-0.15, -0.1) is 12.4 Å². The Morgan fingerprint density at radius 2 is 1.88 bits per heavy atom. The van der Waals surface area contributed by atoms with E-state index in [2.05, 4.69) is 12.2 Å². The Morgan fingerprint density at radius 1 is 1.27 bits per heavy atom. The Bertz CT molecular complexity index is 668. The first kappa shape index (κ1) is 21.5. The number of carbonyl (C=O) groups is 1. The summed E-state index contributed by atoms with van der Waals surface area (Å²) in [5.41, 5.74) is 0.537. The van der Waals surface area contributed by atoms with E-state index < -0.39 is 18.3 Å². The fraction of sp³-hybridized carbons (Fsp3) is 0.611. The zero-order chi connectivity index (χ0) is 18.4. The van der Waals surface area contributed by atoms with Gasteiger partial charge in [-0.05, 0) is 52.2 Å². The van der Waals surface area contributed by atoms with Crippen molar-refractivity contribution in [1.82, 2.24) is 10.2 Å². The van der Waals surface area contributed by atoms with Crippen molar-refractivity contribution in [2.75, 3.05) is 19.6 Å². The Kier molecular flexibility index (Phi) is 6.36. The second-order valence-corrected chi connectivity index (χ2v) is 8.34. The van der Waals surface area contributed by atoms with E-state index >= 15 is 0 Å². The summed E-state index contributed by atoms with van der Waals surface area (Å²) in [5.74, 6) is -0.0289. The minimum absolute atomic E-state index is 0. The van der Waals surface area contributed by atoms with Gasteiger partial charge < -0.3 is 19.5 Å². The molecule has 144 valence electrons. The van der Waals surface area contributed by atoms with Crippen LogP contribution in [0.4, 0.5) is 0 Å². The molecule has 0 bridgehead atoms. The molecule has 2 aliphatic heterocycles. The highest BCUT2D eigenvalue weighted by atomic mass is 35.5. The Balaban J connectivity index is 0.00000243. The number of piperazine rings is 1. The van der Waals surface area contributed by atoms with Crippen molar-refractivity contribution in [2.45, 2.75) is 51.9 Å². The number of hydrogen-bond donors (Lipinski definition) is 1. The van der Waals surface area contributed by atoms with Crippen molar-refractivity contribution < 1.29 is 14.1 Å². The van der Waals surface area contributed by atoms with Gasteiger partial charge >= 0.3 is 7.12 Å². The van der Waals surface area contributed by atoms with Gasteiger partial charge in [0, 0.05) is 25.7 Å². The molecule has 26 heavy (non-hydrogen) atoms. The van der Waals surface area contributed by atoms with Crippen LogP contribution in [0.3, 0.4) is 0 Å². The molecule has 1 N–H and O–H groups in total. The van der Waals surface area contributed by atoms with Crippen molar-refractivity contribution in [3.63, 3.8) is 0 Å². The van der Waals surface area contributed by atoms with Crippen LogP contribution in [0.2, 0.25) is 5.02 Å². The average molecular weight is 401 g/mol. The first-order valence-corrected chi connectivity index (χ1v) is 9.16. The quantitative estimate of drug-likeness (QED) is 0.775. The zero-order valence-corrected chi connectivity index (χ0v) is 17.5. The van der Waals surface area contributed by atoms with Gasteiger partial charge in [0.25, 0.3) is 5.91 Å². The molecule has 1 aromatic carbocycles. The molecule has 0 aromatic heterocycles. The van der Waals surface area contributed by atoms with E-state index in [4.69, 9.17) is 20.9 Å². The number of hydrogen-bond acceptors (Lipinski definition) is 4. The van der Waals surface area contributed by atoms with E-state index in [9.17, 15) is 4.79 Å². The van der Waals surface area contributed by atoms with E-state index in [0.717, 1.165) is 12.0 Å². The topological polar surface area (TPSA) is 50.8 Å². The molecular formula is C18H27BCl2N2O3. The minimum atomic E-state index is -0.481. The summed E-state index contributed by atoms with van der Waals surface area (Å²) in [6, 6.07) is 5.72. The third-order valence-corrected chi connectivity index (χ3v) is 5.72. The van der Waals surface area contributed by atoms with E-state index in [0.29, 0.717) is 29.7 Å². The Morgan fingerprint density at radius 3 is 2.42 bits per heavy atom. The van der Waals surface area contributed by atoms with Gasteiger partial charge in [0.15, 0.2) is 0 Å². The summed E-state index contributed by atoms with van der Waals surface area (Å²) in [7, 11) is -0.481. The predicted octanol–water partition coefficient (Wildman–Crippen LogP) is 2.49. The van der Waals surface area contributed by atoms with Crippen molar-refractivity contribution in [2.24, 2.45) is 0 Å². The maximum atomic E-state index is 12.8. The molecule has 8 heteroatoms. The standard InChI is InChI=1S/C18H26BClN2O3.ClH/c1-12-11-22(9-8-21-12)16(23)14-7-6-13(10-15(14)20)19-24-17(2,3)18(4,5)25-19;/h6-7,10,12,21H,8-9,11H2,1-5H3;1H/t12-;/m0./s1. The summed E-state index contributed by atoms with van der Waals surface area (Å²) in [4.78, 5) is 14.6. The summed E-state index contributed by atoms with van der Waals surface area (Å²) < 4.78 is 12.1. The minimum Gasteiger partial charge on any atom is -0.399 e. The van der Waals surface area contributed by atoms with E-state index in [1.54, 1.807) is 12.1 Å². The summed E-state index contributed by atoms with van der Waals surface area (Å²) in [5, 5.41) is 3.77. The second kappa shape index (κ2) is 7.68. The maximum Gasteiger partial charge on any atom is 0.494 e. The lowest BCUT2D eigenvalue weighted by molar-refractivity contribution is 0.00578. The molecule has 2 fully saturated rings. The number of halogens is 2. The fourth-order valence-corrected chi connectivity index (χ4v) is 3.39. The zero-order valence-electron chi connectivity index (χ0n) is 16.0. The third-order valence-electron chi connectivity index (χ3n) is 5.40. The van der Waals surface area contributed by atoms with Crippen molar-refractivity contribution in [3.8, 4) is 0 Å². The highest BCUT2D eigenvalue weighted by Gasteiger charge is 2.51. The number of nitrogens with one attached hydrogen (secondary N) is 1. The van der Waals surface area contributed by atoms with Crippen molar-refractivity contribution >= 4 is 42.5 Å². The van der Waals surface area contributed by atoms with Gasteiger partial charge in [0.05, 0.1) is 21.8 Å². The lowest BCUT2D eigenvalue weighted by Crippen LogP contribution is -2.51. The molecule has 1 atom stereocenters. The molecule has 2 aliphatic rings. The van der Waals surface area contributed by atoms with Crippen LogP contribution in [0.15, 0.2) is 18.2 Å². The van der Waals surface area contributed by atoms with Crippen LogP contribution in [-0.2, 0) is 9.31 Å². The molecule has 0 aliphatic carbocycles. The predicted molar refractivity (Wildman–Crippen MR) is 108 cm³/mol. The van der Waals surface area contributed by atoms with Crippen LogP contribution in [-0.4, -0.2) is 54.8 Å². The lowest BCUT2D eigenvalue weighted by Gasteiger charge is -2.32. The molecule has 2 heterocycles. The first-order valence-electron chi connectivity index (χ1n) is 8.78. The smallest absolute Gasteiger partial charge is 0.399 e. The monoisotopic (exact) mass is 400 g/mol. The van der Waals surface area contributed by atoms with Gasteiger partial charge in [-0.25, -0.2) is 0 Å². The second-order valence-electron chi connectivity index (χ2n) is 7.93. The van der Waals surface area contributed by atoms with Gasteiger partial charge in [-0.1, -0.05) is 17.7 Å². The summed E-state index contributed by atoms with van der Waals surface area (Å²) in [6.07, 6.45) is 0. The molecule has 0 saturated carbocycles. The summed E-state index contributed by atoms with van der Waals surface area (Å²) in [6.45, 7) is 12.3. The number of benzene rings is 1. The fourth-order valence-electron chi connectivity index (χ4n) is 3.12. The van der Waals surface area contributed by atoms with Crippen LogP contribution < -0.4 is 10.8 Å². The normalized spacial score (nSPS) is 24.3. The number of carbonyl (C=O) groups excluding carboxylic acids is 1. The van der Waals surface area contributed by atoms with Crippen molar-refractivity contribution in [1.29, 1.82) is 0 Å². The Labute approximate surface area is 167 Å². The Hall–Kier alpha value is -0.785. The molecule has 2 saturated heterocycles. The van der Waals surface area contributed by atoms with E-state index in [1.165, 1.54) is 0 Å². The number of nitrogens with zero attached hydrogens (tertiary/aromatic N) is 1. The van der Waals surface area contributed by atoms with Crippen molar-refractivity contribution in [3.05, 3.63) is 28.8 Å². The van der Waals surface area contributed by atoms with Gasteiger partial charge in [0.2, 0.25) is 0 Å². The van der Waals surface area contributed by atoms with Gasteiger partial charge in [-0.3, -0.25) is 4.79 Å². The molecule has 0 unspecified atom stereocenters. The molecule has 0 radical (unpaired) electrons. The highest BCUT2D eigenvalue weighted by Crippen LogP contribution is 2.36. The molecule has 1 amide bonds. The maximum absolute atomic E-state index is 12.8. The van der Waals surface area contributed by atoms with Crippen LogP contribution in [0, 0.1) is 0 Å². The van der Waals surface area contributed by atoms with E-state index in [1.807, 2.05) is 38.7 Å². The van der Waals surface area contributed by atoms with Crippen LogP contribution in [0.5, 0.6) is 0 Å². The molecule has 0 spiro atoms. The molecule has 5 nitrogen and oxygen atoms in total. The van der Waals surface area contributed by atoms with Crippen LogP contribution in [0.1, 0.15) is 45.0 Å². The number of amides is 1. The number of rotatable bonds is 2. The van der Waals surface area contributed by atoms with E-state index in [-0.39, 0.29) is 18.3 Å². The SMILES string of the molecule is C[C@H]1CN(C(=O)c2ccc(B3OC(C)(C)C(C)(C)O3)cc2Cl)CCN1.Cl. The molecule has 3 rings (SSSR count). The highest BCUT2D eigenvalue weighted by molar-refractivity contribution is 6.62. The summed E-state index contributed by atoms with van der Waals surface area (Å²) >= 11 is 6.43. The van der Waals surface area contributed by atoms with Gasteiger partial charge in [-0.2, -0.15) is 0 Å². The third kappa shape index (κ3) is 4.05. The van der Waals surface area contributed by atoms with Crippen LogP contribution >= 0.6 is 24.0 Å². The van der Waals surface area contributed by atoms with Gasteiger partial charge in [0.1, 0.15) is 0 Å². The van der Waals surface area contributed by atoms with Crippen LogP contribution in [0.25, 0.3) is 0 Å².